The number of rotatable bonds is 5. The molecule has 3 N–H and O–H groups in total. The monoisotopic (exact) mass is 208 g/mol. The Morgan fingerprint density at radius 1 is 1.77 bits per heavy atom. The molecule has 0 atom stereocenters. The van der Waals surface area contributed by atoms with Crippen LogP contribution in [-0.2, 0) is 0 Å². The lowest BCUT2D eigenvalue weighted by molar-refractivity contribution is -0.796. The summed E-state index contributed by atoms with van der Waals surface area (Å²) in [6.07, 6.45) is 1.84. The molecule has 8 nitrogen and oxygen atoms in total. The van der Waals surface area contributed by atoms with E-state index < -0.39 is 11.0 Å². The van der Waals surface area contributed by atoms with Crippen LogP contribution in [0.2, 0.25) is 0 Å². The van der Waals surface area contributed by atoms with Gasteiger partial charge in [0.1, 0.15) is 10.0 Å². The van der Waals surface area contributed by atoms with Gasteiger partial charge in [0.15, 0.2) is 0 Å². The van der Waals surface area contributed by atoms with Gasteiger partial charge in [-0.1, -0.05) is 0 Å². The molecule has 0 heterocycles. The van der Waals surface area contributed by atoms with Crippen molar-refractivity contribution in [1.29, 1.82) is 0 Å². The molecule has 0 bridgehead atoms. The number of hydrogen-bond donors (Lipinski definition) is 2. The number of thioether (sulfide) groups is 1. The van der Waals surface area contributed by atoms with Crippen LogP contribution in [0.25, 0.3) is 0 Å². The average molecular weight is 208 g/mol. The van der Waals surface area contributed by atoms with Gasteiger partial charge in [0, 0.05) is 5.75 Å². The van der Waals surface area contributed by atoms with Gasteiger partial charge in [-0.25, -0.2) is 5.21 Å². The summed E-state index contributed by atoms with van der Waals surface area (Å²) in [5.41, 5.74) is 5.14. The van der Waals surface area contributed by atoms with Gasteiger partial charge in [-0.15, -0.1) is 4.91 Å². The van der Waals surface area contributed by atoms with Crippen LogP contribution < -0.4 is 5.73 Å². The van der Waals surface area contributed by atoms with Crippen molar-refractivity contribution in [2.75, 3.05) is 18.6 Å². The molecule has 0 aliphatic rings. The first kappa shape index (κ1) is 11.6. The Bertz CT molecular complexity index is 220. The molecule has 0 aliphatic heterocycles. The first-order valence-electron chi connectivity index (χ1n) is 3.21. The molecule has 13 heavy (non-hydrogen) atoms. The third-order valence-corrected chi connectivity index (χ3v) is 1.65. The van der Waals surface area contributed by atoms with Crippen LogP contribution in [0.3, 0.4) is 0 Å². The third-order valence-electron chi connectivity index (χ3n) is 1.06. The highest BCUT2D eigenvalue weighted by Gasteiger charge is 2.13. The van der Waals surface area contributed by atoms with Crippen molar-refractivity contribution in [1.82, 2.24) is 5.01 Å². The average Bonchev–Trinajstić information content (AvgIpc) is 2.04. The van der Waals surface area contributed by atoms with E-state index in [2.05, 4.69) is 10.4 Å². The van der Waals surface area contributed by atoms with E-state index in [0.29, 0.717) is 5.75 Å². The van der Waals surface area contributed by atoms with Gasteiger partial charge in [0.2, 0.25) is 0 Å². The summed E-state index contributed by atoms with van der Waals surface area (Å²) in [6, 6.07) is 0. The predicted octanol–water partition coefficient (Wildman–Crippen LogP) is -0.269. The van der Waals surface area contributed by atoms with Crippen LogP contribution in [-0.4, -0.2) is 39.8 Å². The number of guanidine groups is 1. The molecule has 0 aliphatic carbocycles. The summed E-state index contributed by atoms with van der Waals surface area (Å²) >= 11 is 1.48. The first-order chi connectivity index (χ1) is 6.11. The van der Waals surface area contributed by atoms with E-state index in [0.717, 1.165) is 5.01 Å². The van der Waals surface area contributed by atoms with Gasteiger partial charge >= 0.3 is 5.03 Å². The maximum atomic E-state index is 10.1. The molecule has 74 valence electrons. The molecule has 0 aromatic heterocycles. The zero-order chi connectivity index (χ0) is 10.3. The normalized spacial score (nSPS) is 11.0. The van der Waals surface area contributed by atoms with Gasteiger partial charge in [-0.3, -0.25) is 0 Å². The van der Waals surface area contributed by atoms with E-state index in [1.807, 2.05) is 6.26 Å². The molecule has 0 aromatic carbocycles. The molecule has 0 rings (SSSR count). The lowest BCUT2D eigenvalue weighted by Gasteiger charge is -2.08. The first-order valence-corrected chi connectivity index (χ1v) is 4.61. The summed E-state index contributed by atoms with van der Waals surface area (Å²) in [5, 5.41) is 13.5. The van der Waals surface area contributed by atoms with Crippen LogP contribution in [0.4, 0.5) is 0 Å². The fourth-order valence-electron chi connectivity index (χ4n) is 0.514. The summed E-state index contributed by atoms with van der Waals surface area (Å²) in [4.78, 5) is 20.1. The number of nitroso groups, excluding NO2 is 1. The smallest absolute Gasteiger partial charge is 0.363 e. The van der Waals surface area contributed by atoms with E-state index in [-0.39, 0.29) is 6.54 Å². The molecular formula is C4H10N5O3S+. The van der Waals surface area contributed by atoms with E-state index in [4.69, 9.17) is 10.9 Å². The fourth-order valence-corrected chi connectivity index (χ4v) is 0.870. The molecule has 0 fully saturated rings. The number of hydrazone groups is 1. The van der Waals surface area contributed by atoms with E-state index >= 15 is 0 Å². The molecule has 0 unspecified atom stereocenters. The van der Waals surface area contributed by atoms with Crippen molar-refractivity contribution >= 4 is 17.7 Å². The molecule has 0 saturated heterocycles. The second kappa shape index (κ2) is 6.17. The van der Waals surface area contributed by atoms with Crippen molar-refractivity contribution < 1.29 is 10.2 Å². The largest absolute Gasteiger partial charge is 0.391 e. The Morgan fingerprint density at radius 2 is 2.38 bits per heavy atom. The van der Waals surface area contributed by atoms with Gasteiger partial charge in [-0.05, 0) is 6.26 Å². The van der Waals surface area contributed by atoms with Gasteiger partial charge in [-0.2, -0.15) is 16.8 Å². The predicted molar refractivity (Wildman–Crippen MR) is 47.9 cm³/mol. The molecule has 0 spiro atoms. The maximum Gasteiger partial charge on any atom is 0.391 e. The minimum Gasteiger partial charge on any atom is -0.363 e. The Hall–Kier alpha value is -1.38. The Kier molecular flexibility index (Phi) is 5.52. The minimum atomic E-state index is -0.730. The second-order valence-corrected chi connectivity index (χ2v) is 2.89. The quantitative estimate of drug-likeness (QED) is 0.278. The molecular weight excluding hydrogens is 198 g/mol. The number of nitrogens with two attached hydrogens (primary N) is 1. The molecule has 0 aromatic rings. The fraction of sp³-hybridized carbons (Fsp3) is 0.750. The highest BCUT2D eigenvalue weighted by molar-refractivity contribution is 7.98. The molecule has 9 heteroatoms. The van der Waals surface area contributed by atoms with Crippen molar-refractivity contribution in [3.8, 4) is 0 Å². The summed E-state index contributed by atoms with van der Waals surface area (Å²) in [5.74, 6) is 0.160. The summed E-state index contributed by atoms with van der Waals surface area (Å²) in [7, 11) is 0. The zero-order valence-corrected chi connectivity index (χ0v) is 7.77. The van der Waals surface area contributed by atoms with E-state index in [1.165, 1.54) is 11.8 Å². The minimum absolute atomic E-state index is 0.230. The molecule has 0 saturated carbocycles. The lowest BCUT2D eigenvalue weighted by atomic mass is 10.7. The summed E-state index contributed by atoms with van der Waals surface area (Å²) in [6.45, 7) is 0.230. The SMILES string of the molecule is CSCCN(N=O)/C(N)=N/[N+](=O)O. The molecule has 0 radical (unpaired) electrons. The van der Waals surface area contributed by atoms with E-state index in [1.54, 1.807) is 0 Å². The van der Waals surface area contributed by atoms with Crippen molar-refractivity contribution in [3.05, 3.63) is 9.81 Å². The van der Waals surface area contributed by atoms with Crippen LogP contribution in [0.1, 0.15) is 0 Å². The van der Waals surface area contributed by atoms with Crippen molar-refractivity contribution in [2.24, 2.45) is 16.1 Å². The van der Waals surface area contributed by atoms with E-state index in [9.17, 15) is 9.81 Å². The highest BCUT2D eigenvalue weighted by atomic mass is 32.2. The van der Waals surface area contributed by atoms with Crippen LogP contribution in [0, 0.1) is 9.81 Å². The third kappa shape index (κ3) is 4.95. The maximum absolute atomic E-state index is 10.1. The van der Waals surface area contributed by atoms with Crippen molar-refractivity contribution in [3.63, 3.8) is 0 Å². The van der Waals surface area contributed by atoms with Crippen molar-refractivity contribution in [2.45, 2.75) is 0 Å². The van der Waals surface area contributed by atoms with Gasteiger partial charge < -0.3 is 5.73 Å². The van der Waals surface area contributed by atoms with Crippen LogP contribution in [0.15, 0.2) is 10.4 Å². The Labute approximate surface area is 78.2 Å². The second-order valence-electron chi connectivity index (χ2n) is 1.91. The zero-order valence-electron chi connectivity index (χ0n) is 6.95. The van der Waals surface area contributed by atoms with Gasteiger partial charge in [0.25, 0.3) is 5.96 Å². The van der Waals surface area contributed by atoms with Crippen LogP contribution in [0.5, 0.6) is 0 Å². The topological polar surface area (TPSA) is 111 Å². The Balaban J connectivity index is 4.22. The number of hydrogen-bond acceptors (Lipinski definition) is 4. The molecule has 0 amide bonds. The van der Waals surface area contributed by atoms with Crippen LogP contribution >= 0.6 is 11.8 Å². The lowest BCUT2D eigenvalue weighted by Crippen LogP contribution is -2.35. The summed E-state index contributed by atoms with van der Waals surface area (Å²) < 4.78 is 0. The standard InChI is InChI=1S/C4H10N5O3S/c1-13-3-2-8(7-10)4(5)6-9(11)12/h2-3H2,1H3,(H2,5,6)(H,11,12)/q+1. The Morgan fingerprint density at radius 3 is 2.77 bits per heavy atom. The number of nitrogens with zero attached hydrogens (tertiary/aromatic N) is 4. The van der Waals surface area contributed by atoms with Gasteiger partial charge in [0.05, 0.1) is 11.8 Å². The highest BCUT2D eigenvalue weighted by Crippen LogP contribution is 1.95.